The number of rotatable bonds is 1. The van der Waals surface area contributed by atoms with Crippen LogP contribution in [0.15, 0.2) is 18.2 Å². The molecule has 100 valence electrons. The summed E-state index contributed by atoms with van der Waals surface area (Å²) in [7, 11) is -0.956. The molecule has 4 nitrogen and oxygen atoms in total. The van der Waals surface area contributed by atoms with E-state index in [0.717, 1.165) is 20.7 Å². The van der Waals surface area contributed by atoms with E-state index >= 15 is 0 Å². The molecule has 0 radical (unpaired) electrons. The second-order valence-corrected chi connectivity index (χ2v) is 6.26. The second-order valence-electron chi connectivity index (χ2n) is 4.19. The molecule has 10 heteroatoms. The van der Waals surface area contributed by atoms with Gasteiger partial charge in [0, 0.05) is 20.6 Å². The Morgan fingerprint density at radius 2 is 1.79 bits per heavy atom. The van der Waals surface area contributed by atoms with Gasteiger partial charge in [-0.3, -0.25) is 4.31 Å². The van der Waals surface area contributed by atoms with Crippen molar-refractivity contribution in [1.82, 2.24) is 4.31 Å². The van der Waals surface area contributed by atoms with Gasteiger partial charge in [0.05, 0.1) is 5.69 Å². The maximum absolute atomic E-state index is 12.6. The van der Waals surface area contributed by atoms with Crippen LogP contribution in [0.5, 0.6) is 0 Å². The molecule has 0 N–H and O–H groups in total. The molecule has 2 rings (SSSR count). The summed E-state index contributed by atoms with van der Waals surface area (Å²) < 4.78 is 63.4. The minimum Gasteiger partial charge on any atom is -0.445 e. The Hall–Kier alpha value is 0.421. The van der Waals surface area contributed by atoms with Gasteiger partial charge in [-0.05, 0) is 11.6 Å². The van der Waals surface area contributed by atoms with Gasteiger partial charge in [0.15, 0.2) is 0 Å². The average molecular weight is 318 g/mol. The Bertz CT molecular complexity index is 594. The van der Waals surface area contributed by atoms with Crippen LogP contribution >= 0.6 is 0 Å². The van der Waals surface area contributed by atoms with Gasteiger partial charge in [0.1, 0.15) is 0 Å². The van der Waals surface area contributed by atoms with Crippen LogP contribution in [-0.2, 0) is 16.8 Å². The van der Waals surface area contributed by atoms with Crippen molar-refractivity contribution in [2.24, 2.45) is 0 Å². The number of anilines is 1. The van der Waals surface area contributed by atoms with Gasteiger partial charge in [0.2, 0.25) is 0 Å². The van der Waals surface area contributed by atoms with Crippen LogP contribution in [0.2, 0.25) is 0 Å². The molecule has 0 atom stereocenters. The number of benzene rings is 1. The van der Waals surface area contributed by atoms with Crippen LogP contribution in [0, 0.1) is 0 Å². The zero-order valence-corrected chi connectivity index (χ0v) is 14.7. The number of halogens is 3. The molecule has 0 bridgehead atoms. The predicted molar refractivity (Wildman–Crippen MR) is 63.9 cm³/mol. The fraction of sp³-hybridized carbons (Fsp3) is 0.333. The van der Waals surface area contributed by atoms with E-state index in [0.29, 0.717) is 5.56 Å². The largest absolute Gasteiger partial charge is 1.00 e. The molecule has 1 heterocycles. The summed E-state index contributed by atoms with van der Waals surface area (Å²) in [4.78, 5) is 0. The Morgan fingerprint density at radius 1 is 1.21 bits per heavy atom. The minimum absolute atomic E-state index is 0. The summed E-state index contributed by atoms with van der Waals surface area (Å²) in [5, 5.41) is 0. The van der Waals surface area contributed by atoms with E-state index in [1.54, 1.807) is 0 Å². The molecule has 0 unspecified atom stereocenters. The van der Waals surface area contributed by atoms with Crippen molar-refractivity contribution in [2.75, 3.05) is 18.4 Å². The molecule has 0 fully saturated rings. The fourth-order valence-corrected chi connectivity index (χ4v) is 3.04. The van der Waals surface area contributed by atoms with Gasteiger partial charge in [-0.25, -0.2) is 0 Å². The first-order chi connectivity index (χ1) is 8.14. The van der Waals surface area contributed by atoms with Crippen LogP contribution in [0.3, 0.4) is 0 Å². The average Bonchev–Trinajstić information content (AvgIpc) is 2.25. The summed E-state index contributed by atoms with van der Waals surface area (Å²) in [6.45, 7) is -5.13. The van der Waals surface area contributed by atoms with Crippen LogP contribution in [0.25, 0.3) is 0 Å². The fourth-order valence-electron chi connectivity index (χ4n) is 1.90. The van der Waals surface area contributed by atoms with Crippen molar-refractivity contribution in [1.29, 1.82) is 0 Å². The van der Waals surface area contributed by atoms with Crippen molar-refractivity contribution in [3.8, 4) is 0 Å². The summed E-state index contributed by atoms with van der Waals surface area (Å²) in [6.07, 6.45) is 0. The molecule has 0 amide bonds. The number of nitrogens with zero attached hydrogens (tertiary/aromatic N) is 2. The third kappa shape index (κ3) is 3.20. The summed E-state index contributed by atoms with van der Waals surface area (Å²) in [5.41, 5.74) is -0.0710. The first-order valence-corrected chi connectivity index (χ1v) is 6.56. The second kappa shape index (κ2) is 5.66. The third-order valence-corrected chi connectivity index (χ3v) is 4.76. The maximum atomic E-state index is 12.6. The van der Waals surface area contributed by atoms with Gasteiger partial charge in [0.25, 0.3) is 0 Å². The van der Waals surface area contributed by atoms with E-state index in [-0.39, 0.29) is 63.6 Å². The predicted octanol–water partition coefficient (Wildman–Crippen LogP) is -2.13. The van der Waals surface area contributed by atoms with Gasteiger partial charge < -0.3 is 12.9 Å². The number of hydrogen-bond donors (Lipinski definition) is 0. The molecule has 0 aromatic heterocycles. The minimum atomic E-state index is -5.07. The Balaban J connectivity index is 0.00000180. The summed E-state index contributed by atoms with van der Waals surface area (Å²) in [6, 6.07) is 3.12. The van der Waals surface area contributed by atoms with Crippen LogP contribution in [-0.4, -0.2) is 33.8 Å². The first-order valence-electron chi connectivity index (χ1n) is 5.17. The van der Waals surface area contributed by atoms with Gasteiger partial charge >= 0.3 is 68.6 Å². The van der Waals surface area contributed by atoms with E-state index in [9.17, 15) is 21.4 Å². The standard InChI is InChI=1S/C9H11BF3N2O2S.K/c1-14-6-7-5-8(10(11,12)13)3-4-9(7)15(2)18(14,16)17;/h3-5H,6H2,1-2H3;/q-1;+1. The Kier molecular flexibility index (Phi) is 5.21. The van der Waals surface area contributed by atoms with Gasteiger partial charge in [-0.15, -0.1) is 5.46 Å². The third-order valence-electron chi connectivity index (χ3n) is 2.95. The molecule has 1 aromatic rings. The molecule has 1 aliphatic rings. The number of hydrogen-bond acceptors (Lipinski definition) is 2. The van der Waals surface area contributed by atoms with Crippen molar-refractivity contribution >= 4 is 28.3 Å². The van der Waals surface area contributed by atoms with Crippen molar-refractivity contribution in [3.63, 3.8) is 0 Å². The zero-order chi connectivity index (χ0) is 13.7. The Labute approximate surface area is 152 Å². The topological polar surface area (TPSA) is 40.6 Å². The summed E-state index contributed by atoms with van der Waals surface area (Å²) >= 11 is 0. The molecule has 0 aliphatic carbocycles. The maximum Gasteiger partial charge on any atom is 1.00 e. The van der Waals surface area contributed by atoms with E-state index in [2.05, 4.69) is 0 Å². The van der Waals surface area contributed by atoms with Crippen LogP contribution in [0.4, 0.5) is 18.6 Å². The smallest absolute Gasteiger partial charge is 0.445 e. The first kappa shape index (κ1) is 17.5. The van der Waals surface area contributed by atoms with Crippen molar-refractivity contribution in [2.45, 2.75) is 6.54 Å². The molecule has 1 aliphatic heterocycles. The molecule has 19 heavy (non-hydrogen) atoms. The molecule has 0 spiro atoms. The van der Waals surface area contributed by atoms with Gasteiger partial charge in [-0.2, -0.15) is 12.7 Å². The normalized spacial score (nSPS) is 18.7. The van der Waals surface area contributed by atoms with Gasteiger partial charge in [-0.1, -0.05) is 12.1 Å². The van der Waals surface area contributed by atoms with E-state index in [1.165, 1.54) is 20.2 Å². The monoisotopic (exact) mass is 318 g/mol. The zero-order valence-electron chi connectivity index (χ0n) is 10.8. The van der Waals surface area contributed by atoms with Crippen molar-refractivity contribution in [3.05, 3.63) is 23.8 Å². The molecule has 0 saturated heterocycles. The van der Waals surface area contributed by atoms with E-state index in [1.807, 2.05) is 0 Å². The van der Waals surface area contributed by atoms with Crippen molar-refractivity contribution < 1.29 is 72.7 Å². The molecular formula is C9H11BF3KN2O2S. The Morgan fingerprint density at radius 3 is 2.32 bits per heavy atom. The molecule has 0 saturated carbocycles. The van der Waals surface area contributed by atoms with E-state index in [4.69, 9.17) is 0 Å². The molecule has 1 aromatic carbocycles. The summed E-state index contributed by atoms with van der Waals surface area (Å²) in [5.74, 6) is 0. The van der Waals surface area contributed by atoms with E-state index < -0.39 is 22.6 Å². The van der Waals surface area contributed by atoms with Crippen LogP contribution < -0.4 is 61.2 Å². The quantitative estimate of drug-likeness (QED) is 0.555. The number of fused-ring (bicyclic) bond motifs is 1. The molecular weight excluding hydrogens is 307 g/mol. The van der Waals surface area contributed by atoms with Crippen LogP contribution in [0.1, 0.15) is 5.56 Å². The SMILES string of the molecule is CN1Cc2cc([B-](F)(F)F)ccc2N(C)S1(=O)=O.[K+].